The van der Waals surface area contributed by atoms with E-state index in [0.717, 1.165) is 58.6 Å². The zero-order valence-electron chi connectivity index (χ0n) is 19.6. The molecule has 3 aromatic rings. The summed E-state index contributed by atoms with van der Waals surface area (Å²) >= 11 is 6.19. The number of halogens is 1. The van der Waals surface area contributed by atoms with Gasteiger partial charge in [-0.05, 0) is 36.1 Å². The van der Waals surface area contributed by atoms with E-state index >= 15 is 0 Å². The van der Waals surface area contributed by atoms with E-state index in [4.69, 9.17) is 11.6 Å². The maximum atomic E-state index is 13.6. The fourth-order valence-corrected chi connectivity index (χ4v) is 5.46. The Morgan fingerprint density at radius 3 is 2.59 bits per heavy atom. The first kappa shape index (κ1) is 22.7. The lowest BCUT2D eigenvalue weighted by molar-refractivity contribution is -0.136. The molecule has 34 heavy (non-hydrogen) atoms. The molecule has 0 aliphatic carbocycles. The van der Waals surface area contributed by atoms with Crippen LogP contribution in [0, 0.1) is 5.92 Å². The number of carbonyl (C=O) groups is 2. The van der Waals surface area contributed by atoms with E-state index in [9.17, 15) is 9.59 Å². The van der Waals surface area contributed by atoms with Gasteiger partial charge in [-0.1, -0.05) is 55.8 Å². The van der Waals surface area contributed by atoms with E-state index in [1.807, 2.05) is 34.1 Å². The molecule has 0 bridgehead atoms. The summed E-state index contributed by atoms with van der Waals surface area (Å²) < 4.78 is 0. The molecule has 2 amide bonds. The SMILES string of the molecule is CCc1cccc(CC)c1N1CC(C(=O)N2CCc3[nH]nc(-c4cccc(Cl)c4)c3C2)CC1=O. The Hall–Kier alpha value is -3.12. The van der Waals surface area contributed by atoms with Crippen molar-refractivity contribution in [2.75, 3.05) is 18.0 Å². The number of nitrogens with zero attached hydrogens (tertiary/aromatic N) is 3. The van der Waals surface area contributed by atoms with Crippen LogP contribution in [-0.2, 0) is 35.4 Å². The topological polar surface area (TPSA) is 69.3 Å². The summed E-state index contributed by atoms with van der Waals surface area (Å²) in [7, 11) is 0. The van der Waals surface area contributed by atoms with E-state index in [2.05, 4.69) is 42.2 Å². The van der Waals surface area contributed by atoms with Crippen LogP contribution in [0.5, 0.6) is 0 Å². The highest BCUT2D eigenvalue weighted by Gasteiger charge is 2.39. The van der Waals surface area contributed by atoms with Gasteiger partial charge in [0.1, 0.15) is 0 Å². The molecule has 1 fully saturated rings. The van der Waals surface area contributed by atoms with Crippen LogP contribution in [-0.4, -0.2) is 40.0 Å². The Morgan fingerprint density at radius 1 is 1.15 bits per heavy atom. The lowest BCUT2D eigenvalue weighted by Crippen LogP contribution is -2.40. The molecule has 6 nitrogen and oxygen atoms in total. The van der Waals surface area contributed by atoms with Gasteiger partial charge in [0.15, 0.2) is 0 Å². The minimum Gasteiger partial charge on any atom is -0.338 e. The van der Waals surface area contributed by atoms with Crippen LogP contribution in [0.2, 0.25) is 5.02 Å². The molecule has 2 aliphatic rings. The number of aromatic amines is 1. The normalized spacial score (nSPS) is 17.9. The third kappa shape index (κ3) is 4.00. The molecule has 1 N–H and O–H groups in total. The highest BCUT2D eigenvalue weighted by atomic mass is 35.5. The number of benzene rings is 2. The Bertz CT molecular complexity index is 1230. The number of carbonyl (C=O) groups excluding carboxylic acids is 2. The number of hydrogen-bond donors (Lipinski definition) is 1. The van der Waals surface area contributed by atoms with Crippen molar-refractivity contribution in [2.24, 2.45) is 5.92 Å². The number of amides is 2. The van der Waals surface area contributed by atoms with E-state index in [1.165, 1.54) is 0 Å². The number of aromatic nitrogens is 2. The summed E-state index contributed by atoms with van der Waals surface area (Å²) in [5.41, 5.74) is 7.20. The molecular formula is C27H29ClN4O2. The number of nitrogens with one attached hydrogen (secondary N) is 1. The summed E-state index contributed by atoms with van der Waals surface area (Å²) in [4.78, 5) is 30.4. The fourth-order valence-electron chi connectivity index (χ4n) is 5.27. The van der Waals surface area contributed by atoms with Crippen LogP contribution in [0.3, 0.4) is 0 Å². The van der Waals surface area contributed by atoms with Crippen molar-refractivity contribution in [2.45, 2.75) is 46.1 Å². The number of para-hydroxylation sites is 1. The minimum atomic E-state index is -0.329. The molecule has 1 atom stereocenters. The molecule has 176 valence electrons. The van der Waals surface area contributed by atoms with Gasteiger partial charge < -0.3 is 9.80 Å². The Labute approximate surface area is 204 Å². The Kier molecular flexibility index (Phi) is 6.17. The molecule has 0 radical (unpaired) electrons. The van der Waals surface area contributed by atoms with Crippen molar-refractivity contribution in [3.63, 3.8) is 0 Å². The van der Waals surface area contributed by atoms with Gasteiger partial charge in [0.25, 0.3) is 0 Å². The zero-order valence-corrected chi connectivity index (χ0v) is 20.4. The van der Waals surface area contributed by atoms with Gasteiger partial charge in [-0.25, -0.2) is 0 Å². The first-order valence-corrected chi connectivity index (χ1v) is 12.4. The van der Waals surface area contributed by atoms with Gasteiger partial charge >= 0.3 is 0 Å². The first-order valence-electron chi connectivity index (χ1n) is 12.0. The Balaban J connectivity index is 1.37. The van der Waals surface area contributed by atoms with Crippen LogP contribution >= 0.6 is 11.6 Å². The number of rotatable bonds is 5. The second kappa shape index (κ2) is 9.26. The summed E-state index contributed by atoms with van der Waals surface area (Å²) in [6.07, 6.45) is 2.69. The van der Waals surface area contributed by atoms with Crippen LogP contribution in [0.25, 0.3) is 11.3 Å². The van der Waals surface area contributed by atoms with Gasteiger partial charge in [0.2, 0.25) is 11.8 Å². The number of H-pyrrole nitrogens is 1. The quantitative estimate of drug-likeness (QED) is 0.575. The van der Waals surface area contributed by atoms with Gasteiger partial charge in [0, 0.05) is 60.0 Å². The van der Waals surface area contributed by atoms with Gasteiger partial charge in [-0.2, -0.15) is 5.10 Å². The molecule has 0 spiro atoms. The number of fused-ring (bicyclic) bond motifs is 1. The van der Waals surface area contributed by atoms with Crippen LogP contribution < -0.4 is 4.90 Å². The number of hydrogen-bond acceptors (Lipinski definition) is 3. The average Bonchev–Trinajstić information content (AvgIpc) is 3.46. The first-order chi connectivity index (χ1) is 16.5. The highest BCUT2D eigenvalue weighted by molar-refractivity contribution is 6.30. The molecule has 3 heterocycles. The van der Waals surface area contributed by atoms with Crippen molar-refractivity contribution in [1.82, 2.24) is 15.1 Å². The summed E-state index contributed by atoms with van der Waals surface area (Å²) in [6, 6.07) is 13.8. The van der Waals surface area contributed by atoms with Crippen molar-refractivity contribution in [3.8, 4) is 11.3 Å². The molecule has 0 saturated carbocycles. The molecule has 1 aromatic heterocycles. The van der Waals surface area contributed by atoms with Crippen LogP contribution in [0.4, 0.5) is 5.69 Å². The summed E-state index contributed by atoms with van der Waals surface area (Å²) in [5, 5.41) is 8.31. The van der Waals surface area contributed by atoms with E-state index in [-0.39, 0.29) is 24.2 Å². The second-order valence-corrected chi connectivity index (χ2v) is 9.52. The van der Waals surface area contributed by atoms with Crippen molar-refractivity contribution in [3.05, 3.63) is 69.9 Å². The van der Waals surface area contributed by atoms with E-state index in [0.29, 0.717) is 24.7 Å². The van der Waals surface area contributed by atoms with Gasteiger partial charge in [-0.3, -0.25) is 14.7 Å². The van der Waals surface area contributed by atoms with E-state index < -0.39 is 0 Å². The number of anilines is 1. The van der Waals surface area contributed by atoms with Crippen molar-refractivity contribution in [1.29, 1.82) is 0 Å². The third-order valence-corrected chi connectivity index (χ3v) is 7.29. The second-order valence-electron chi connectivity index (χ2n) is 9.09. The van der Waals surface area contributed by atoms with Crippen LogP contribution in [0.15, 0.2) is 42.5 Å². The predicted molar refractivity (Wildman–Crippen MR) is 134 cm³/mol. The lowest BCUT2D eigenvalue weighted by Gasteiger charge is -2.29. The molecule has 2 aliphatic heterocycles. The largest absolute Gasteiger partial charge is 0.338 e. The standard InChI is InChI=1S/C27H29ClN4O2/c1-3-17-7-5-8-18(4-2)26(17)32-15-20(14-24(32)33)27(34)31-12-11-23-22(16-31)25(30-29-23)19-9-6-10-21(28)13-19/h5-10,13,20H,3-4,11-12,14-16H2,1-2H3,(H,29,30). The van der Waals surface area contributed by atoms with Crippen LogP contribution in [0.1, 0.15) is 42.7 Å². The predicted octanol–water partition coefficient (Wildman–Crippen LogP) is 4.79. The Morgan fingerprint density at radius 2 is 1.88 bits per heavy atom. The monoisotopic (exact) mass is 476 g/mol. The van der Waals surface area contributed by atoms with Gasteiger partial charge in [-0.15, -0.1) is 0 Å². The smallest absolute Gasteiger partial charge is 0.228 e. The highest BCUT2D eigenvalue weighted by Crippen LogP contribution is 2.35. The summed E-state index contributed by atoms with van der Waals surface area (Å²) in [5.74, 6) is -0.244. The average molecular weight is 477 g/mol. The molecule has 1 unspecified atom stereocenters. The molecule has 7 heteroatoms. The fraction of sp³-hybridized carbons (Fsp3) is 0.370. The maximum absolute atomic E-state index is 13.6. The molecule has 1 saturated heterocycles. The van der Waals surface area contributed by atoms with E-state index in [1.54, 1.807) is 0 Å². The minimum absolute atomic E-state index is 0.0366. The summed E-state index contributed by atoms with van der Waals surface area (Å²) in [6.45, 7) is 5.77. The van der Waals surface area contributed by atoms with Gasteiger partial charge in [0.05, 0.1) is 11.6 Å². The number of aryl methyl sites for hydroxylation is 2. The van der Waals surface area contributed by atoms with Crippen molar-refractivity contribution < 1.29 is 9.59 Å². The molecule has 2 aromatic carbocycles. The molecule has 5 rings (SSSR count). The lowest BCUT2D eigenvalue weighted by atomic mass is 9.99. The zero-order chi connectivity index (χ0) is 23.8. The van der Waals surface area contributed by atoms with Crippen molar-refractivity contribution >= 4 is 29.1 Å². The molecular weight excluding hydrogens is 448 g/mol. The third-order valence-electron chi connectivity index (χ3n) is 7.05. The maximum Gasteiger partial charge on any atom is 0.228 e.